The molecule has 0 bridgehead atoms. The van der Waals surface area contributed by atoms with Crippen LogP contribution in [0.3, 0.4) is 0 Å². The predicted molar refractivity (Wildman–Crippen MR) is 102 cm³/mol. The number of hydrogen-bond donors (Lipinski definition) is 1. The van der Waals surface area contributed by atoms with E-state index in [0.717, 1.165) is 23.2 Å². The Morgan fingerprint density at radius 2 is 2.20 bits per heavy atom. The second kappa shape index (κ2) is 6.74. The van der Waals surface area contributed by atoms with Crippen LogP contribution in [0.2, 0.25) is 0 Å². The molecule has 1 saturated heterocycles. The standard InChI is InChI=1S/C21H30N2O2/c1-6-7-9-15-13-23(21(15,4)14(2)3)20(24)18-12-16-17(22-18)10-8-11-19(16)25-5/h8,10-12,14-15,22H,6-7,9,13H2,1-5H3. The van der Waals surface area contributed by atoms with Crippen LogP contribution in [-0.4, -0.2) is 35.0 Å². The van der Waals surface area contributed by atoms with E-state index in [1.165, 1.54) is 19.3 Å². The molecule has 2 atom stereocenters. The van der Waals surface area contributed by atoms with Gasteiger partial charge in [0.2, 0.25) is 0 Å². The number of fused-ring (bicyclic) bond motifs is 1. The van der Waals surface area contributed by atoms with Crippen molar-refractivity contribution in [1.29, 1.82) is 0 Å². The van der Waals surface area contributed by atoms with Crippen LogP contribution in [0.4, 0.5) is 0 Å². The molecule has 0 aliphatic carbocycles. The van der Waals surface area contributed by atoms with Gasteiger partial charge in [-0.15, -0.1) is 0 Å². The van der Waals surface area contributed by atoms with Crippen molar-refractivity contribution in [3.05, 3.63) is 30.0 Å². The normalized spacial score (nSPS) is 23.1. The van der Waals surface area contributed by atoms with Crippen LogP contribution in [0.1, 0.15) is 57.4 Å². The number of benzene rings is 1. The van der Waals surface area contributed by atoms with E-state index in [0.29, 0.717) is 17.5 Å². The van der Waals surface area contributed by atoms with Gasteiger partial charge in [0.1, 0.15) is 11.4 Å². The summed E-state index contributed by atoms with van der Waals surface area (Å²) in [5.74, 6) is 1.92. The van der Waals surface area contributed by atoms with Crippen molar-refractivity contribution >= 4 is 16.8 Å². The Morgan fingerprint density at radius 3 is 2.84 bits per heavy atom. The molecule has 1 aliphatic heterocycles. The Balaban J connectivity index is 1.88. The molecular weight excluding hydrogens is 312 g/mol. The zero-order valence-electron chi connectivity index (χ0n) is 16.1. The summed E-state index contributed by atoms with van der Waals surface area (Å²) in [7, 11) is 1.66. The SMILES string of the molecule is CCCCC1CN(C(=O)c2cc3c(OC)cccc3[nH]2)C1(C)C(C)C. The van der Waals surface area contributed by atoms with Gasteiger partial charge in [0.05, 0.1) is 7.11 Å². The van der Waals surface area contributed by atoms with E-state index in [2.05, 4.69) is 37.6 Å². The quantitative estimate of drug-likeness (QED) is 0.815. The lowest BCUT2D eigenvalue weighted by atomic mass is 9.66. The van der Waals surface area contributed by atoms with E-state index in [1.54, 1.807) is 7.11 Å². The molecule has 1 N–H and O–H groups in total. The van der Waals surface area contributed by atoms with Crippen LogP contribution < -0.4 is 4.74 Å². The Hall–Kier alpha value is -1.97. The van der Waals surface area contributed by atoms with Gasteiger partial charge in [0.25, 0.3) is 5.91 Å². The van der Waals surface area contributed by atoms with Crippen LogP contribution in [0, 0.1) is 11.8 Å². The third-order valence-corrected chi connectivity index (χ3v) is 6.21. The lowest BCUT2D eigenvalue weighted by Crippen LogP contribution is -2.69. The van der Waals surface area contributed by atoms with E-state index in [-0.39, 0.29) is 11.4 Å². The third-order valence-electron chi connectivity index (χ3n) is 6.21. The molecule has 4 heteroatoms. The second-order valence-electron chi connectivity index (χ2n) is 7.74. The summed E-state index contributed by atoms with van der Waals surface area (Å²) < 4.78 is 5.42. The molecule has 3 rings (SSSR count). The topological polar surface area (TPSA) is 45.3 Å². The number of aromatic nitrogens is 1. The number of carbonyl (C=O) groups excluding carboxylic acids is 1. The number of rotatable bonds is 6. The van der Waals surface area contributed by atoms with Gasteiger partial charge in [-0.05, 0) is 43.4 Å². The number of hydrogen-bond acceptors (Lipinski definition) is 2. The highest BCUT2D eigenvalue weighted by Crippen LogP contribution is 2.45. The Morgan fingerprint density at radius 1 is 1.44 bits per heavy atom. The van der Waals surface area contributed by atoms with Crippen molar-refractivity contribution in [1.82, 2.24) is 9.88 Å². The molecule has 1 aromatic carbocycles. The molecule has 1 aromatic heterocycles. The highest BCUT2D eigenvalue weighted by atomic mass is 16.5. The highest BCUT2D eigenvalue weighted by Gasteiger charge is 2.53. The first kappa shape index (κ1) is 17.8. The van der Waals surface area contributed by atoms with Crippen molar-refractivity contribution in [3.8, 4) is 5.75 Å². The van der Waals surface area contributed by atoms with Gasteiger partial charge in [-0.2, -0.15) is 0 Å². The molecule has 2 heterocycles. The smallest absolute Gasteiger partial charge is 0.270 e. The second-order valence-corrected chi connectivity index (χ2v) is 7.74. The van der Waals surface area contributed by atoms with Gasteiger partial charge >= 0.3 is 0 Å². The first-order valence-corrected chi connectivity index (χ1v) is 9.41. The van der Waals surface area contributed by atoms with Crippen LogP contribution in [0.15, 0.2) is 24.3 Å². The number of likely N-dealkylation sites (tertiary alicyclic amines) is 1. The molecule has 2 aromatic rings. The molecule has 1 amide bonds. The van der Waals surface area contributed by atoms with Gasteiger partial charge in [0, 0.05) is 23.0 Å². The number of H-pyrrole nitrogens is 1. The minimum Gasteiger partial charge on any atom is -0.496 e. The number of methoxy groups -OCH3 is 1. The van der Waals surface area contributed by atoms with Gasteiger partial charge in [-0.3, -0.25) is 4.79 Å². The third kappa shape index (κ3) is 2.82. The van der Waals surface area contributed by atoms with Crippen molar-refractivity contribution in [3.63, 3.8) is 0 Å². The predicted octanol–water partition coefficient (Wildman–Crippen LogP) is 4.85. The number of ether oxygens (including phenoxy) is 1. The summed E-state index contributed by atoms with van der Waals surface area (Å²) in [5, 5.41) is 0.961. The maximum atomic E-state index is 13.2. The molecule has 0 saturated carbocycles. The van der Waals surface area contributed by atoms with Gasteiger partial charge in [-0.25, -0.2) is 0 Å². The Labute approximate surface area is 150 Å². The van der Waals surface area contributed by atoms with Crippen LogP contribution in [0.5, 0.6) is 5.75 Å². The van der Waals surface area contributed by atoms with Crippen molar-refractivity contribution in [2.75, 3.05) is 13.7 Å². The van der Waals surface area contributed by atoms with E-state index >= 15 is 0 Å². The number of aromatic amines is 1. The minimum atomic E-state index is -0.0619. The molecule has 0 radical (unpaired) electrons. The fraction of sp³-hybridized carbons (Fsp3) is 0.571. The van der Waals surface area contributed by atoms with E-state index in [9.17, 15) is 4.79 Å². The maximum Gasteiger partial charge on any atom is 0.270 e. The summed E-state index contributed by atoms with van der Waals surface area (Å²) in [6.07, 6.45) is 3.65. The number of nitrogens with one attached hydrogen (secondary N) is 1. The number of unbranched alkanes of at least 4 members (excludes halogenated alkanes) is 1. The molecule has 1 aliphatic rings. The largest absolute Gasteiger partial charge is 0.496 e. The zero-order chi connectivity index (χ0) is 18.2. The molecular formula is C21H30N2O2. The number of nitrogens with zero attached hydrogens (tertiary/aromatic N) is 1. The molecule has 25 heavy (non-hydrogen) atoms. The van der Waals surface area contributed by atoms with Gasteiger partial charge in [-0.1, -0.05) is 39.7 Å². The Bertz CT molecular complexity index is 764. The molecule has 1 fully saturated rings. The van der Waals surface area contributed by atoms with E-state index < -0.39 is 0 Å². The van der Waals surface area contributed by atoms with Gasteiger partial charge < -0.3 is 14.6 Å². The van der Waals surface area contributed by atoms with Crippen LogP contribution >= 0.6 is 0 Å². The maximum absolute atomic E-state index is 13.2. The Kier molecular flexibility index (Phi) is 4.81. The lowest BCUT2D eigenvalue weighted by molar-refractivity contribution is -0.0773. The summed E-state index contributed by atoms with van der Waals surface area (Å²) in [6, 6.07) is 7.77. The summed E-state index contributed by atoms with van der Waals surface area (Å²) in [5.41, 5.74) is 1.53. The van der Waals surface area contributed by atoms with Crippen molar-refractivity contribution in [2.45, 2.75) is 52.5 Å². The van der Waals surface area contributed by atoms with E-state index in [4.69, 9.17) is 4.74 Å². The fourth-order valence-corrected chi connectivity index (χ4v) is 4.19. The number of amides is 1. The first-order chi connectivity index (χ1) is 11.9. The molecule has 2 unspecified atom stereocenters. The van der Waals surface area contributed by atoms with Crippen LogP contribution in [0.25, 0.3) is 10.9 Å². The van der Waals surface area contributed by atoms with Crippen LogP contribution in [-0.2, 0) is 0 Å². The average molecular weight is 342 g/mol. The molecule has 0 spiro atoms. The average Bonchev–Trinajstić information content (AvgIpc) is 3.03. The van der Waals surface area contributed by atoms with E-state index in [1.807, 2.05) is 24.3 Å². The minimum absolute atomic E-state index is 0.0619. The van der Waals surface area contributed by atoms with Gasteiger partial charge in [0.15, 0.2) is 0 Å². The lowest BCUT2D eigenvalue weighted by Gasteiger charge is -2.59. The van der Waals surface area contributed by atoms with Crippen molar-refractivity contribution < 1.29 is 9.53 Å². The first-order valence-electron chi connectivity index (χ1n) is 9.41. The zero-order valence-corrected chi connectivity index (χ0v) is 16.1. The molecule has 136 valence electrons. The summed E-state index contributed by atoms with van der Waals surface area (Å²) >= 11 is 0. The van der Waals surface area contributed by atoms with Crippen molar-refractivity contribution in [2.24, 2.45) is 11.8 Å². The summed E-state index contributed by atoms with van der Waals surface area (Å²) in [6.45, 7) is 9.80. The monoisotopic (exact) mass is 342 g/mol. The number of carbonyl (C=O) groups is 1. The fourth-order valence-electron chi connectivity index (χ4n) is 4.19. The highest BCUT2D eigenvalue weighted by molar-refractivity contribution is 6.00. The molecule has 4 nitrogen and oxygen atoms in total. The summed E-state index contributed by atoms with van der Waals surface area (Å²) in [4.78, 5) is 18.5.